The Labute approximate surface area is 82.0 Å². The maximum atomic E-state index is 5.54. The van der Waals surface area contributed by atoms with Gasteiger partial charge in [-0.15, -0.1) is 0 Å². The normalized spacial score (nSPS) is 19.8. The van der Waals surface area contributed by atoms with Gasteiger partial charge in [0.1, 0.15) is 0 Å². The Kier molecular flexibility index (Phi) is 5.40. The number of hydrogen-bond donors (Lipinski definition) is 1. The molecule has 78 valence electrons. The van der Waals surface area contributed by atoms with E-state index in [-0.39, 0.29) is 0 Å². The topological polar surface area (TPSA) is 21.3 Å². The summed E-state index contributed by atoms with van der Waals surface area (Å²) in [5.74, 6) is 0.975. The van der Waals surface area contributed by atoms with Gasteiger partial charge in [-0.05, 0) is 25.8 Å². The summed E-state index contributed by atoms with van der Waals surface area (Å²) >= 11 is 0. The minimum atomic E-state index is 0.580. The molecule has 0 heterocycles. The third kappa shape index (κ3) is 4.10. The van der Waals surface area contributed by atoms with Crippen LogP contribution in [0.15, 0.2) is 0 Å². The Morgan fingerprint density at radius 1 is 1.46 bits per heavy atom. The summed E-state index contributed by atoms with van der Waals surface area (Å²) in [5.41, 5.74) is 0. The van der Waals surface area contributed by atoms with Gasteiger partial charge in [-0.3, -0.25) is 0 Å². The van der Waals surface area contributed by atoms with Gasteiger partial charge in [0.2, 0.25) is 0 Å². The van der Waals surface area contributed by atoms with E-state index in [9.17, 15) is 0 Å². The predicted molar refractivity (Wildman–Crippen MR) is 55.9 cm³/mol. The summed E-state index contributed by atoms with van der Waals surface area (Å²) in [6, 6.07) is 0.580. The summed E-state index contributed by atoms with van der Waals surface area (Å²) < 4.78 is 5.54. The molecule has 0 spiro atoms. The van der Waals surface area contributed by atoms with Gasteiger partial charge in [0.25, 0.3) is 0 Å². The SMILES string of the molecule is CCCOCC(CC1CCC1)NC. The van der Waals surface area contributed by atoms with Crippen LogP contribution in [0.5, 0.6) is 0 Å². The van der Waals surface area contributed by atoms with E-state index in [1.807, 2.05) is 7.05 Å². The Morgan fingerprint density at radius 3 is 2.69 bits per heavy atom. The van der Waals surface area contributed by atoms with Crippen LogP contribution < -0.4 is 5.32 Å². The lowest BCUT2D eigenvalue weighted by molar-refractivity contribution is 0.0996. The average molecular weight is 185 g/mol. The van der Waals surface area contributed by atoms with Crippen LogP contribution in [0.25, 0.3) is 0 Å². The number of likely N-dealkylation sites (N-methyl/N-ethyl adjacent to an activating group) is 1. The summed E-state index contributed by atoms with van der Waals surface area (Å²) in [7, 11) is 2.04. The Hall–Kier alpha value is -0.0800. The molecule has 0 amide bonds. The van der Waals surface area contributed by atoms with E-state index in [0.717, 1.165) is 25.6 Å². The molecule has 1 unspecified atom stereocenters. The molecule has 2 heteroatoms. The monoisotopic (exact) mass is 185 g/mol. The molecule has 2 nitrogen and oxygen atoms in total. The smallest absolute Gasteiger partial charge is 0.0619 e. The van der Waals surface area contributed by atoms with E-state index in [0.29, 0.717) is 6.04 Å². The van der Waals surface area contributed by atoms with Crippen molar-refractivity contribution < 1.29 is 4.74 Å². The van der Waals surface area contributed by atoms with Crippen LogP contribution in [-0.2, 0) is 4.74 Å². The van der Waals surface area contributed by atoms with E-state index in [4.69, 9.17) is 4.74 Å². The van der Waals surface area contributed by atoms with Crippen LogP contribution in [0, 0.1) is 5.92 Å². The highest BCUT2D eigenvalue weighted by atomic mass is 16.5. The second-order valence-corrected chi connectivity index (χ2v) is 4.09. The average Bonchev–Trinajstić information content (AvgIpc) is 2.08. The van der Waals surface area contributed by atoms with Gasteiger partial charge in [-0.1, -0.05) is 26.2 Å². The maximum Gasteiger partial charge on any atom is 0.0619 e. The van der Waals surface area contributed by atoms with Gasteiger partial charge in [0, 0.05) is 12.6 Å². The highest BCUT2D eigenvalue weighted by Crippen LogP contribution is 2.30. The molecular formula is C11H23NO. The second-order valence-electron chi connectivity index (χ2n) is 4.09. The van der Waals surface area contributed by atoms with Crippen molar-refractivity contribution in [2.75, 3.05) is 20.3 Å². The fraction of sp³-hybridized carbons (Fsp3) is 1.00. The summed E-state index contributed by atoms with van der Waals surface area (Å²) in [4.78, 5) is 0. The van der Waals surface area contributed by atoms with Crippen molar-refractivity contribution in [3.63, 3.8) is 0 Å². The lowest BCUT2D eigenvalue weighted by Gasteiger charge is -2.29. The maximum absolute atomic E-state index is 5.54. The van der Waals surface area contributed by atoms with Gasteiger partial charge in [-0.25, -0.2) is 0 Å². The first kappa shape index (κ1) is 11.0. The summed E-state index contributed by atoms with van der Waals surface area (Å²) in [6.07, 6.45) is 6.74. The van der Waals surface area contributed by atoms with Gasteiger partial charge >= 0.3 is 0 Å². The zero-order valence-electron chi connectivity index (χ0n) is 9.01. The number of rotatable bonds is 7. The molecule has 1 atom stereocenters. The fourth-order valence-corrected chi connectivity index (χ4v) is 1.77. The second kappa shape index (κ2) is 6.39. The van der Waals surface area contributed by atoms with Crippen molar-refractivity contribution in [2.24, 2.45) is 5.92 Å². The van der Waals surface area contributed by atoms with Crippen LogP contribution in [0.1, 0.15) is 39.0 Å². The molecule has 0 aromatic rings. The molecule has 1 rings (SSSR count). The van der Waals surface area contributed by atoms with E-state index in [1.165, 1.54) is 25.7 Å². The largest absolute Gasteiger partial charge is 0.380 e. The molecule has 13 heavy (non-hydrogen) atoms. The van der Waals surface area contributed by atoms with Crippen LogP contribution in [0.3, 0.4) is 0 Å². The first-order valence-corrected chi connectivity index (χ1v) is 5.61. The van der Waals surface area contributed by atoms with Crippen LogP contribution >= 0.6 is 0 Å². The van der Waals surface area contributed by atoms with E-state index < -0.39 is 0 Å². The van der Waals surface area contributed by atoms with Crippen LogP contribution in [-0.4, -0.2) is 26.3 Å². The van der Waals surface area contributed by atoms with Gasteiger partial charge in [0.05, 0.1) is 6.61 Å². The molecule has 0 bridgehead atoms. The lowest BCUT2D eigenvalue weighted by Crippen LogP contribution is -2.34. The Morgan fingerprint density at radius 2 is 2.23 bits per heavy atom. The zero-order chi connectivity index (χ0) is 9.52. The van der Waals surface area contributed by atoms with Crippen LogP contribution in [0.2, 0.25) is 0 Å². The lowest BCUT2D eigenvalue weighted by atomic mass is 9.81. The van der Waals surface area contributed by atoms with Gasteiger partial charge < -0.3 is 10.1 Å². The van der Waals surface area contributed by atoms with Crippen molar-refractivity contribution in [1.29, 1.82) is 0 Å². The highest BCUT2D eigenvalue weighted by Gasteiger charge is 2.21. The van der Waals surface area contributed by atoms with Crippen molar-refractivity contribution >= 4 is 0 Å². The van der Waals surface area contributed by atoms with E-state index in [2.05, 4.69) is 12.2 Å². The first-order chi connectivity index (χ1) is 6.36. The summed E-state index contributed by atoms with van der Waals surface area (Å²) in [6.45, 7) is 3.95. The fourth-order valence-electron chi connectivity index (χ4n) is 1.77. The third-order valence-corrected chi connectivity index (χ3v) is 2.92. The minimum Gasteiger partial charge on any atom is -0.380 e. The molecule has 0 radical (unpaired) electrons. The quantitative estimate of drug-likeness (QED) is 0.614. The molecule has 1 saturated carbocycles. The molecule has 0 aromatic carbocycles. The first-order valence-electron chi connectivity index (χ1n) is 5.61. The van der Waals surface area contributed by atoms with E-state index >= 15 is 0 Å². The standard InChI is InChI=1S/C11H23NO/c1-3-7-13-9-11(12-2)8-10-5-4-6-10/h10-12H,3-9H2,1-2H3. The van der Waals surface area contributed by atoms with Crippen molar-refractivity contribution in [2.45, 2.75) is 45.1 Å². The predicted octanol–water partition coefficient (Wildman–Crippen LogP) is 2.19. The molecule has 1 fully saturated rings. The number of hydrogen-bond acceptors (Lipinski definition) is 2. The molecule has 1 N–H and O–H groups in total. The molecular weight excluding hydrogens is 162 g/mol. The molecule has 0 saturated heterocycles. The number of ether oxygens (including phenoxy) is 1. The molecule has 0 aliphatic heterocycles. The molecule has 0 aromatic heterocycles. The molecule has 1 aliphatic carbocycles. The van der Waals surface area contributed by atoms with Crippen LogP contribution in [0.4, 0.5) is 0 Å². The zero-order valence-corrected chi connectivity index (χ0v) is 9.01. The van der Waals surface area contributed by atoms with Crippen molar-refractivity contribution in [3.8, 4) is 0 Å². The minimum absolute atomic E-state index is 0.580. The van der Waals surface area contributed by atoms with Gasteiger partial charge in [-0.2, -0.15) is 0 Å². The molecule has 1 aliphatic rings. The van der Waals surface area contributed by atoms with Crippen molar-refractivity contribution in [1.82, 2.24) is 5.32 Å². The Bertz CT molecular complexity index is 123. The highest BCUT2D eigenvalue weighted by molar-refractivity contribution is 4.76. The van der Waals surface area contributed by atoms with Crippen molar-refractivity contribution in [3.05, 3.63) is 0 Å². The summed E-state index contributed by atoms with van der Waals surface area (Å²) in [5, 5.41) is 3.34. The van der Waals surface area contributed by atoms with E-state index in [1.54, 1.807) is 0 Å². The number of nitrogens with one attached hydrogen (secondary N) is 1. The van der Waals surface area contributed by atoms with Gasteiger partial charge in [0.15, 0.2) is 0 Å². The third-order valence-electron chi connectivity index (χ3n) is 2.92. The Balaban J connectivity index is 2.03.